The molecule has 30 heavy (non-hydrogen) atoms. The third-order valence-electron chi connectivity index (χ3n) is 4.76. The number of rotatable bonds is 8. The predicted octanol–water partition coefficient (Wildman–Crippen LogP) is 7.03. The molecule has 1 aromatic heterocycles. The molecule has 0 aliphatic carbocycles. The van der Waals surface area contributed by atoms with E-state index in [2.05, 4.69) is 75.9 Å². The summed E-state index contributed by atoms with van der Waals surface area (Å²) >= 11 is 0. The summed E-state index contributed by atoms with van der Waals surface area (Å²) in [4.78, 5) is 6.38. The fourth-order valence-corrected chi connectivity index (χ4v) is 3.26. The van der Waals surface area contributed by atoms with Gasteiger partial charge in [-0.25, -0.2) is 0 Å². The lowest BCUT2D eigenvalue weighted by Gasteiger charge is -2.06. The fraction of sp³-hybridized carbons (Fsp3) is 0.556. The minimum atomic E-state index is 0.701. The molecule has 0 aliphatic rings. The first-order valence-corrected chi connectivity index (χ1v) is 11.5. The van der Waals surface area contributed by atoms with E-state index in [4.69, 9.17) is 5.41 Å². The van der Waals surface area contributed by atoms with Crippen LogP contribution in [0.4, 0.5) is 0 Å². The van der Waals surface area contributed by atoms with Crippen LogP contribution in [0.3, 0.4) is 0 Å². The summed E-state index contributed by atoms with van der Waals surface area (Å²) in [6.45, 7) is 13.9. The molecule has 2 aromatic rings. The summed E-state index contributed by atoms with van der Waals surface area (Å²) in [6, 6.07) is 10.7. The van der Waals surface area contributed by atoms with E-state index in [0.717, 1.165) is 36.1 Å². The summed E-state index contributed by atoms with van der Waals surface area (Å²) < 4.78 is 0. The molecule has 1 N–H and O–H groups in total. The first kappa shape index (κ1) is 28.0. The van der Waals surface area contributed by atoms with Gasteiger partial charge in [0.25, 0.3) is 0 Å². The van der Waals surface area contributed by atoms with Gasteiger partial charge in [-0.3, -0.25) is 4.98 Å². The van der Waals surface area contributed by atoms with Gasteiger partial charge in [-0.1, -0.05) is 64.8 Å². The third-order valence-corrected chi connectivity index (χ3v) is 4.76. The molecule has 1 aromatic carbocycles. The van der Waals surface area contributed by atoms with E-state index in [0.29, 0.717) is 5.71 Å². The second-order valence-electron chi connectivity index (χ2n) is 8.04. The van der Waals surface area contributed by atoms with Crippen LogP contribution in [0.2, 0.25) is 0 Å². The second-order valence-corrected chi connectivity index (χ2v) is 8.04. The summed E-state index contributed by atoms with van der Waals surface area (Å²) in [6.07, 6.45) is 8.56. The van der Waals surface area contributed by atoms with Crippen LogP contribution in [0.5, 0.6) is 0 Å². The average molecular weight is 412 g/mol. The van der Waals surface area contributed by atoms with Crippen LogP contribution in [-0.4, -0.2) is 36.2 Å². The molecular formula is C27H45N3. The highest BCUT2D eigenvalue weighted by molar-refractivity contribution is 5.99. The van der Waals surface area contributed by atoms with Gasteiger partial charge in [0.2, 0.25) is 0 Å². The number of nitrogens with one attached hydrogen (secondary N) is 1. The molecule has 0 radical (unpaired) electrons. The Morgan fingerprint density at radius 1 is 0.933 bits per heavy atom. The Bertz CT molecular complexity index is 720. The lowest BCUT2D eigenvalue weighted by atomic mass is 10.0. The molecule has 0 aliphatic heterocycles. The quantitative estimate of drug-likeness (QED) is 0.474. The van der Waals surface area contributed by atoms with Gasteiger partial charge in [-0.05, 0) is 82.9 Å². The lowest BCUT2D eigenvalue weighted by molar-refractivity contribution is 0.408. The van der Waals surface area contributed by atoms with Crippen LogP contribution >= 0.6 is 0 Å². The molecule has 3 heteroatoms. The first-order valence-electron chi connectivity index (χ1n) is 11.5. The van der Waals surface area contributed by atoms with Gasteiger partial charge in [-0.2, -0.15) is 0 Å². The van der Waals surface area contributed by atoms with Crippen LogP contribution < -0.4 is 0 Å². The minimum Gasteiger partial charge on any atom is -0.309 e. The van der Waals surface area contributed by atoms with E-state index < -0.39 is 0 Å². The molecule has 2 rings (SSSR count). The van der Waals surface area contributed by atoms with Crippen molar-refractivity contribution in [1.29, 1.82) is 5.41 Å². The van der Waals surface area contributed by atoms with Crippen molar-refractivity contribution in [2.24, 2.45) is 0 Å². The number of aromatic nitrogens is 1. The fourth-order valence-electron chi connectivity index (χ4n) is 3.26. The van der Waals surface area contributed by atoms with Crippen LogP contribution in [-0.2, 0) is 12.8 Å². The van der Waals surface area contributed by atoms with Crippen molar-refractivity contribution in [2.45, 2.75) is 80.1 Å². The predicted molar refractivity (Wildman–Crippen MR) is 134 cm³/mol. The summed E-state index contributed by atoms with van der Waals surface area (Å²) in [5.41, 5.74) is 6.91. The molecule has 0 fully saturated rings. The topological polar surface area (TPSA) is 40.0 Å². The standard InChI is InChI=1S/C11H16N2.C11H16.C5H13N/c1-4-5-11(12)10-7-13-9(3)6-8(10)2;1-3-7-11-9-6-5-8-10(11)4-2;1-4-5-6(2)3/h6-7,12H,4-5H2,1-3H3;5-6,8-9H,3-4,7H2,1-2H3;4-5H2,1-3H3. The highest BCUT2D eigenvalue weighted by atomic mass is 15.0. The molecule has 1 heterocycles. The Morgan fingerprint density at radius 2 is 1.57 bits per heavy atom. The van der Waals surface area contributed by atoms with Gasteiger partial charge in [0.05, 0.1) is 0 Å². The largest absolute Gasteiger partial charge is 0.309 e. The second kappa shape index (κ2) is 16.8. The SMILES string of the molecule is CCCC(=N)c1cnc(C)cc1C.CCCN(C)C.CCCc1ccccc1CC. The molecule has 0 bridgehead atoms. The number of hydrogen-bond donors (Lipinski definition) is 1. The average Bonchev–Trinajstić information content (AvgIpc) is 2.69. The van der Waals surface area contributed by atoms with E-state index in [9.17, 15) is 0 Å². The summed E-state index contributed by atoms with van der Waals surface area (Å²) in [7, 11) is 4.17. The minimum absolute atomic E-state index is 0.701. The molecule has 168 valence electrons. The molecule has 0 amide bonds. The van der Waals surface area contributed by atoms with Gasteiger partial charge in [0.1, 0.15) is 0 Å². The molecule has 0 unspecified atom stereocenters. The Hall–Kier alpha value is -2.00. The monoisotopic (exact) mass is 411 g/mol. The third kappa shape index (κ3) is 11.9. The van der Waals surface area contributed by atoms with E-state index in [1.54, 1.807) is 0 Å². The van der Waals surface area contributed by atoms with Gasteiger partial charge in [0, 0.05) is 23.2 Å². The van der Waals surface area contributed by atoms with Crippen LogP contribution in [0.25, 0.3) is 0 Å². The van der Waals surface area contributed by atoms with Crippen molar-refractivity contribution in [3.63, 3.8) is 0 Å². The van der Waals surface area contributed by atoms with Crippen molar-refractivity contribution in [2.75, 3.05) is 20.6 Å². The van der Waals surface area contributed by atoms with Gasteiger partial charge in [0.15, 0.2) is 0 Å². The molecule has 0 saturated carbocycles. The van der Waals surface area contributed by atoms with Crippen molar-refractivity contribution in [3.8, 4) is 0 Å². The van der Waals surface area contributed by atoms with Crippen LogP contribution in [0.15, 0.2) is 36.5 Å². The molecular weight excluding hydrogens is 366 g/mol. The molecule has 0 spiro atoms. The zero-order valence-electron chi connectivity index (χ0n) is 20.8. The van der Waals surface area contributed by atoms with Crippen molar-refractivity contribution in [1.82, 2.24) is 9.88 Å². The maximum absolute atomic E-state index is 7.80. The van der Waals surface area contributed by atoms with E-state index >= 15 is 0 Å². The van der Waals surface area contributed by atoms with Crippen LogP contribution in [0, 0.1) is 19.3 Å². The van der Waals surface area contributed by atoms with E-state index in [1.165, 1.54) is 36.9 Å². The summed E-state index contributed by atoms with van der Waals surface area (Å²) in [5.74, 6) is 0. The molecule has 3 nitrogen and oxygen atoms in total. The smallest absolute Gasteiger partial charge is 0.0404 e. The lowest BCUT2D eigenvalue weighted by Crippen LogP contribution is -2.11. The maximum atomic E-state index is 7.80. The zero-order chi connectivity index (χ0) is 22.9. The maximum Gasteiger partial charge on any atom is 0.0404 e. The van der Waals surface area contributed by atoms with Crippen molar-refractivity contribution in [3.05, 3.63) is 64.5 Å². The van der Waals surface area contributed by atoms with Crippen molar-refractivity contribution < 1.29 is 0 Å². The highest BCUT2D eigenvalue weighted by Gasteiger charge is 2.04. The van der Waals surface area contributed by atoms with Gasteiger partial charge >= 0.3 is 0 Å². The zero-order valence-corrected chi connectivity index (χ0v) is 20.8. The normalized spacial score (nSPS) is 10.0. The number of aryl methyl sites for hydroxylation is 4. The molecule has 0 saturated heterocycles. The highest BCUT2D eigenvalue weighted by Crippen LogP contribution is 2.11. The van der Waals surface area contributed by atoms with Crippen LogP contribution in [0.1, 0.15) is 81.3 Å². The first-order chi connectivity index (χ1) is 14.3. The van der Waals surface area contributed by atoms with Gasteiger partial charge in [-0.15, -0.1) is 0 Å². The van der Waals surface area contributed by atoms with Gasteiger partial charge < -0.3 is 10.3 Å². The van der Waals surface area contributed by atoms with Crippen molar-refractivity contribution >= 4 is 5.71 Å². The number of nitrogens with zero attached hydrogens (tertiary/aromatic N) is 2. The Balaban J connectivity index is 0.000000450. The number of hydrogen-bond acceptors (Lipinski definition) is 3. The van der Waals surface area contributed by atoms with E-state index in [1.807, 2.05) is 26.1 Å². The Kier molecular flexibility index (Phi) is 15.6. The number of benzene rings is 1. The molecule has 0 atom stereocenters. The Morgan fingerprint density at radius 3 is 2.00 bits per heavy atom. The van der Waals surface area contributed by atoms with E-state index in [-0.39, 0.29) is 0 Å². The summed E-state index contributed by atoms with van der Waals surface area (Å²) in [5, 5.41) is 7.80. The Labute approximate surface area is 186 Å². The number of pyridine rings is 1.